The molecule has 0 spiro atoms. The molecule has 0 saturated heterocycles. The Hall–Kier alpha value is -3.28. The minimum atomic E-state index is -0.0699. The van der Waals surface area contributed by atoms with E-state index in [1.165, 1.54) is 11.3 Å². The first-order chi connectivity index (χ1) is 14.6. The molecular weight excluding hydrogens is 376 g/mol. The quantitative estimate of drug-likeness (QED) is 0.671. The van der Waals surface area contributed by atoms with Crippen LogP contribution in [-0.2, 0) is 19.5 Å². The average molecular weight is 405 g/mol. The monoisotopic (exact) mass is 404 g/mol. The molecule has 1 aliphatic carbocycles. The fraction of sp³-hybridized carbons (Fsp3) is 0.333. The molecule has 4 rings (SSSR count). The van der Waals surface area contributed by atoms with Crippen LogP contribution in [0.4, 0.5) is 4.79 Å². The van der Waals surface area contributed by atoms with Gasteiger partial charge in [-0.05, 0) is 42.5 Å². The Labute approximate surface area is 177 Å². The molecule has 1 aliphatic rings. The highest BCUT2D eigenvalue weighted by Gasteiger charge is 2.26. The summed E-state index contributed by atoms with van der Waals surface area (Å²) in [6, 6.07) is 18.1. The van der Waals surface area contributed by atoms with Gasteiger partial charge in [0, 0.05) is 24.8 Å². The molecule has 0 saturated carbocycles. The lowest BCUT2D eigenvalue weighted by atomic mass is 9.93. The second-order valence-electron chi connectivity index (χ2n) is 7.79. The van der Waals surface area contributed by atoms with E-state index in [2.05, 4.69) is 27.2 Å². The van der Waals surface area contributed by atoms with Gasteiger partial charge < -0.3 is 15.0 Å². The Bertz CT molecular complexity index is 982. The number of nitrogens with one attached hydrogen (secondary N) is 1. The second-order valence-corrected chi connectivity index (χ2v) is 7.79. The van der Waals surface area contributed by atoms with Crippen molar-refractivity contribution in [1.29, 1.82) is 0 Å². The van der Waals surface area contributed by atoms with E-state index < -0.39 is 0 Å². The SMILES string of the molecule is COc1ccc(CN(C)C(=O)NC2CCCc3c2cnn3Cc2ccccc2)cc1. The van der Waals surface area contributed by atoms with Crippen LogP contribution in [-0.4, -0.2) is 34.9 Å². The Morgan fingerprint density at radius 2 is 1.93 bits per heavy atom. The molecule has 30 heavy (non-hydrogen) atoms. The zero-order chi connectivity index (χ0) is 20.9. The maximum Gasteiger partial charge on any atom is 0.317 e. The number of aromatic nitrogens is 2. The van der Waals surface area contributed by atoms with Crippen molar-refractivity contribution in [2.24, 2.45) is 0 Å². The highest BCUT2D eigenvalue weighted by Crippen LogP contribution is 2.30. The molecule has 156 valence electrons. The zero-order valence-electron chi connectivity index (χ0n) is 17.5. The number of rotatable bonds is 6. The van der Waals surface area contributed by atoms with Gasteiger partial charge in [0.2, 0.25) is 0 Å². The second kappa shape index (κ2) is 9.03. The van der Waals surface area contributed by atoms with Gasteiger partial charge in [0.05, 0.1) is 25.9 Å². The third kappa shape index (κ3) is 4.48. The van der Waals surface area contributed by atoms with Crippen molar-refractivity contribution in [3.05, 3.63) is 83.2 Å². The third-order valence-corrected chi connectivity index (χ3v) is 5.66. The van der Waals surface area contributed by atoms with Crippen molar-refractivity contribution in [3.63, 3.8) is 0 Å². The van der Waals surface area contributed by atoms with Crippen LogP contribution in [0.5, 0.6) is 5.75 Å². The van der Waals surface area contributed by atoms with Crippen molar-refractivity contribution in [2.75, 3.05) is 14.2 Å². The van der Waals surface area contributed by atoms with Crippen molar-refractivity contribution < 1.29 is 9.53 Å². The van der Waals surface area contributed by atoms with Gasteiger partial charge in [-0.2, -0.15) is 5.10 Å². The zero-order valence-corrected chi connectivity index (χ0v) is 17.5. The van der Waals surface area contributed by atoms with Gasteiger partial charge in [0.1, 0.15) is 5.75 Å². The fourth-order valence-electron chi connectivity index (χ4n) is 4.00. The predicted molar refractivity (Wildman–Crippen MR) is 116 cm³/mol. The van der Waals surface area contributed by atoms with Crippen LogP contribution in [0.25, 0.3) is 0 Å². The first-order valence-corrected chi connectivity index (χ1v) is 10.4. The van der Waals surface area contributed by atoms with E-state index in [4.69, 9.17) is 4.74 Å². The van der Waals surface area contributed by atoms with Gasteiger partial charge in [-0.3, -0.25) is 4.68 Å². The smallest absolute Gasteiger partial charge is 0.317 e. The maximum absolute atomic E-state index is 12.8. The Morgan fingerprint density at radius 1 is 1.17 bits per heavy atom. The lowest BCUT2D eigenvalue weighted by molar-refractivity contribution is 0.201. The molecule has 0 radical (unpaired) electrons. The van der Waals surface area contributed by atoms with Crippen LogP contribution in [0, 0.1) is 0 Å². The molecule has 3 aromatic rings. The summed E-state index contributed by atoms with van der Waals surface area (Å²) in [5, 5.41) is 7.82. The lowest BCUT2D eigenvalue weighted by Crippen LogP contribution is -2.40. The number of benzene rings is 2. The van der Waals surface area contributed by atoms with Gasteiger partial charge in [0.15, 0.2) is 0 Å². The summed E-state index contributed by atoms with van der Waals surface area (Å²) in [4.78, 5) is 14.5. The number of amides is 2. The number of carbonyl (C=O) groups excluding carboxylic acids is 1. The van der Waals surface area contributed by atoms with Crippen molar-refractivity contribution in [1.82, 2.24) is 20.0 Å². The van der Waals surface area contributed by atoms with Crippen LogP contribution >= 0.6 is 0 Å². The summed E-state index contributed by atoms with van der Waals surface area (Å²) in [5.74, 6) is 0.813. The number of methoxy groups -OCH3 is 1. The van der Waals surface area contributed by atoms with E-state index in [1.807, 2.05) is 55.7 Å². The van der Waals surface area contributed by atoms with Crippen molar-refractivity contribution >= 4 is 6.03 Å². The topological polar surface area (TPSA) is 59.4 Å². The molecule has 6 heteroatoms. The number of hydrogen-bond donors (Lipinski definition) is 1. The summed E-state index contributed by atoms with van der Waals surface area (Å²) >= 11 is 0. The van der Waals surface area contributed by atoms with E-state index in [-0.39, 0.29) is 12.1 Å². The van der Waals surface area contributed by atoms with E-state index in [0.717, 1.165) is 42.7 Å². The summed E-state index contributed by atoms with van der Waals surface area (Å²) in [6.07, 6.45) is 4.90. The predicted octanol–water partition coefficient (Wildman–Crippen LogP) is 4.16. The number of nitrogens with zero attached hydrogens (tertiary/aromatic N) is 3. The van der Waals surface area contributed by atoms with E-state index in [1.54, 1.807) is 12.0 Å². The van der Waals surface area contributed by atoms with Crippen LogP contribution < -0.4 is 10.1 Å². The minimum absolute atomic E-state index is 0.00379. The maximum atomic E-state index is 12.8. The average Bonchev–Trinajstić information content (AvgIpc) is 3.18. The Morgan fingerprint density at radius 3 is 2.67 bits per heavy atom. The molecule has 0 fully saturated rings. The number of carbonyl (C=O) groups is 1. The summed E-state index contributed by atoms with van der Waals surface area (Å²) in [6.45, 7) is 1.30. The van der Waals surface area contributed by atoms with Crippen molar-refractivity contribution in [3.8, 4) is 5.75 Å². The molecule has 1 unspecified atom stereocenters. The highest BCUT2D eigenvalue weighted by molar-refractivity contribution is 5.74. The van der Waals surface area contributed by atoms with Crippen LogP contribution in [0.3, 0.4) is 0 Å². The molecule has 1 atom stereocenters. The lowest BCUT2D eigenvalue weighted by Gasteiger charge is -2.27. The Balaban J connectivity index is 1.41. The first kappa shape index (κ1) is 20.0. The molecule has 2 aromatic carbocycles. The van der Waals surface area contributed by atoms with Crippen molar-refractivity contribution in [2.45, 2.75) is 38.4 Å². The summed E-state index contributed by atoms with van der Waals surface area (Å²) < 4.78 is 7.27. The van der Waals surface area contributed by atoms with Gasteiger partial charge in [-0.25, -0.2) is 4.79 Å². The van der Waals surface area contributed by atoms with E-state index >= 15 is 0 Å². The number of hydrogen-bond acceptors (Lipinski definition) is 3. The first-order valence-electron chi connectivity index (χ1n) is 10.4. The number of fused-ring (bicyclic) bond motifs is 1. The summed E-state index contributed by atoms with van der Waals surface area (Å²) in [5.41, 5.74) is 4.67. The number of urea groups is 1. The molecule has 0 aliphatic heterocycles. The van der Waals surface area contributed by atoms with Crippen LogP contribution in [0.1, 0.15) is 41.3 Å². The summed E-state index contributed by atoms with van der Waals surface area (Å²) in [7, 11) is 3.47. The van der Waals surface area contributed by atoms with E-state index in [9.17, 15) is 4.79 Å². The molecular formula is C24H28N4O2. The number of ether oxygens (including phenoxy) is 1. The molecule has 0 bridgehead atoms. The molecule has 1 N–H and O–H groups in total. The van der Waals surface area contributed by atoms with Gasteiger partial charge in [0.25, 0.3) is 0 Å². The van der Waals surface area contributed by atoms with Gasteiger partial charge >= 0.3 is 6.03 Å². The highest BCUT2D eigenvalue weighted by atomic mass is 16.5. The van der Waals surface area contributed by atoms with Gasteiger partial charge in [-0.15, -0.1) is 0 Å². The standard InChI is InChI=1S/C24H28N4O2/c1-27(16-19-11-13-20(30-2)14-12-19)24(29)26-22-9-6-10-23-21(22)15-25-28(23)17-18-7-4-3-5-8-18/h3-5,7-8,11-15,22H,6,9-10,16-17H2,1-2H3,(H,26,29). The van der Waals surface area contributed by atoms with Crippen LogP contribution in [0.2, 0.25) is 0 Å². The molecule has 1 aromatic heterocycles. The normalized spacial score (nSPS) is 15.3. The minimum Gasteiger partial charge on any atom is -0.497 e. The molecule has 6 nitrogen and oxygen atoms in total. The molecule has 1 heterocycles. The largest absolute Gasteiger partial charge is 0.497 e. The Kier molecular flexibility index (Phi) is 6.02. The van der Waals surface area contributed by atoms with Crippen LogP contribution in [0.15, 0.2) is 60.8 Å². The van der Waals surface area contributed by atoms with Gasteiger partial charge in [-0.1, -0.05) is 42.5 Å². The van der Waals surface area contributed by atoms with E-state index in [0.29, 0.717) is 6.54 Å². The molecule has 2 amide bonds. The third-order valence-electron chi connectivity index (χ3n) is 5.66. The fourth-order valence-corrected chi connectivity index (χ4v) is 4.00.